The molecule has 218 valence electrons. The van der Waals surface area contributed by atoms with Crippen molar-refractivity contribution in [1.29, 1.82) is 5.26 Å². The number of fused-ring (bicyclic) bond motifs is 7. The molecule has 0 bridgehead atoms. The van der Waals surface area contributed by atoms with E-state index in [9.17, 15) is 14.9 Å². The van der Waals surface area contributed by atoms with E-state index in [0.717, 1.165) is 51.0 Å². The van der Waals surface area contributed by atoms with Crippen molar-refractivity contribution in [2.24, 2.45) is 55.2 Å². The van der Waals surface area contributed by atoms with E-state index in [1.807, 2.05) is 33.0 Å². The maximum Gasteiger partial charge on any atom is 0.190 e. The lowest BCUT2D eigenvalue weighted by Crippen LogP contribution is -2.66. The topological polar surface area (TPSA) is 94.3 Å². The molecular formula is C34H50N4O2. The van der Waals surface area contributed by atoms with Gasteiger partial charge >= 0.3 is 0 Å². The average Bonchev–Trinajstić information content (AvgIpc) is 2.88. The van der Waals surface area contributed by atoms with E-state index in [1.54, 1.807) is 7.05 Å². The van der Waals surface area contributed by atoms with E-state index in [-0.39, 0.29) is 50.6 Å². The van der Waals surface area contributed by atoms with Crippen molar-refractivity contribution < 1.29 is 9.59 Å². The maximum atomic E-state index is 14.6. The van der Waals surface area contributed by atoms with Crippen LogP contribution >= 0.6 is 0 Å². The number of nitriles is 1. The van der Waals surface area contributed by atoms with Gasteiger partial charge < -0.3 is 10.6 Å². The number of guanidine groups is 1. The lowest BCUT2D eigenvalue weighted by atomic mass is 9.34. The number of Topliss-reactive ketones (excluding diaryl/α,β-unsaturated/α-hetero) is 1. The Morgan fingerprint density at radius 3 is 2.35 bits per heavy atom. The molecule has 0 aromatic heterocycles. The zero-order valence-electron chi connectivity index (χ0n) is 26.3. The van der Waals surface area contributed by atoms with Gasteiger partial charge in [-0.1, -0.05) is 60.1 Å². The highest BCUT2D eigenvalue weighted by Crippen LogP contribution is 2.74. The summed E-state index contributed by atoms with van der Waals surface area (Å²) in [5.74, 6) is 1.35. The van der Waals surface area contributed by atoms with Crippen molar-refractivity contribution in [2.75, 3.05) is 20.6 Å². The Bertz CT molecular complexity index is 1270. The summed E-state index contributed by atoms with van der Waals surface area (Å²) >= 11 is 0. The average molecular weight is 547 g/mol. The first-order valence-corrected chi connectivity index (χ1v) is 15.4. The van der Waals surface area contributed by atoms with Crippen LogP contribution in [0, 0.1) is 61.6 Å². The summed E-state index contributed by atoms with van der Waals surface area (Å²) in [7, 11) is 3.70. The van der Waals surface area contributed by atoms with Crippen LogP contribution in [0.5, 0.6) is 0 Å². The zero-order chi connectivity index (χ0) is 29.5. The third-order valence-corrected chi connectivity index (χ3v) is 13.1. The molecule has 0 spiro atoms. The number of nitrogens with zero attached hydrogens (tertiary/aromatic N) is 2. The highest BCUT2D eigenvalue weighted by Gasteiger charge is 2.69. The van der Waals surface area contributed by atoms with Crippen LogP contribution in [0.25, 0.3) is 0 Å². The third-order valence-electron chi connectivity index (χ3n) is 13.1. The first-order valence-electron chi connectivity index (χ1n) is 15.4. The van der Waals surface area contributed by atoms with Crippen LogP contribution in [-0.2, 0) is 9.59 Å². The standard InChI is InChI=1S/C34H50N4O2/c1-29(2)12-14-34(20-38-28(36-8)37-9)15-13-33(7)26(22(34)18-29)23(39)16-25-31(5)17-21(19-35)27(40)30(3,4)24(31)10-11-32(25,33)6/h16-17,22,24,26H,10-15,18,20H2,1-9H3,(H2,36,37,38)/t22-,24-,26-,31-,32+,33+,34+/m0/s1. The monoisotopic (exact) mass is 546 g/mol. The molecule has 0 saturated heterocycles. The molecule has 0 heterocycles. The van der Waals surface area contributed by atoms with Crippen LogP contribution in [-0.4, -0.2) is 38.2 Å². The second kappa shape index (κ2) is 9.04. The van der Waals surface area contributed by atoms with Gasteiger partial charge in [0.25, 0.3) is 0 Å². The summed E-state index contributed by atoms with van der Waals surface area (Å²) in [5.41, 5.74) is 0.207. The fourth-order valence-electron chi connectivity index (χ4n) is 10.6. The minimum absolute atomic E-state index is 0.0363. The number of carbonyl (C=O) groups excluding carboxylic acids is 2. The van der Waals surface area contributed by atoms with Crippen LogP contribution in [0.4, 0.5) is 0 Å². The Hall–Kier alpha value is -2.42. The fraction of sp³-hybridized carbons (Fsp3) is 0.765. The number of carbonyl (C=O) groups is 2. The summed E-state index contributed by atoms with van der Waals surface area (Å²) in [6.45, 7) is 16.6. The number of hydrogen-bond acceptors (Lipinski definition) is 4. The van der Waals surface area contributed by atoms with Gasteiger partial charge in [0.15, 0.2) is 17.5 Å². The van der Waals surface area contributed by atoms with E-state index in [0.29, 0.717) is 5.92 Å². The molecule has 6 heteroatoms. The Balaban J connectivity index is 1.64. The normalized spacial score (nSPS) is 43.6. The van der Waals surface area contributed by atoms with E-state index >= 15 is 0 Å². The summed E-state index contributed by atoms with van der Waals surface area (Å²) in [6, 6.07) is 2.21. The molecule has 0 radical (unpaired) electrons. The predicted molar refractivity (Wildman–Crippen MR) is 159 cm³/mol. The van der Waals surface area contributed by atoms with Crippen LogP contribution < -0.4 is 10.6 Å². The van der Waals surface area contributed by atoms with Gasteiger partial charge in [0.2, 0.25) is 0 Å². The van der Waals surface area contributed by atoms with Gasteiger partial charge in [-0.2, -0.15) is 5.26 Å². The molecule has 0 aromatic carbocycles. The molecule has 5 rings (SSSR count). The minimum Gasteiger partial charge on any atom is -0.359 e. The predicted octanol–water partition coefficient (Wildman–Crippen LogP) is 6.00. The van der Waals surface area contributed by atoms with Gasteiger partial charge in [0.05, 0.1) is 5.57 Å². The van der Waals surface area contributed by atoms with Crippen LogP contribution in [0.3, 0.4) is 0 Å². The summed E-state index contributed by atoms with van der Waals surface area (Å²) < 4.78 is 0. The number of allylic oxidation sites excluding steroid dienone is 4. The van der Waals surface area contributed by atoms with Crippen molar-refractivity contribution >= 4 is 17.5 Å². The molecule has 0 unspecified atom stereocenters. The highest BCUT2D eigenvalue weighted by atomic mass is 16.1. The van der Waals surface area contributed by atoms with Crippen molar-refractivity contribution in [3.05, 3.63) is 23.3 Å². The van der Waals surface area contributed by atoms with Gasteiger partial charge in [0, 0.05) is 37.4 Å². The summed E-state index contributed by atoms with van der Waals surface area (Å²) in [5, 5.41) is 16.7. The molecule has 2 N–H and O–H groups in total. The minimum atomic E-state index is -0.635. The van der Waals surface area contributed by atoms with Gasteiger partial charge in [-0.05, 0) is 84.5 Å². The van der Waals surface area contributed by atoms with E-state index in [2.05, 4.69) is 56.3 Å². The van der Waals surface area contributed by atoms with Crippen LogP contribution in [0.2, 0.25) is 0 Å². The lowest BCUT2D eigenvalue weighted by Gasteiger charge is -2.69. The third kappa shape index (κ3) is 3.75. The molecule has 5 aliphatic rings. The second-order valence-electron chi connectivity index (χ2n) is 15.8. The second-order valence-corrected chi connectivity index (χ2v) is 15.8. The molecule has 5 aliphatic carbocycles. The largest absolute Gasteiger partial charge is 0.359 e. The van der Waals surface area contributed by atoms with Gasteiger partial charge in [0.1, 0.15) is 6.07 Å². The zero-order valence-corrected chi connectivity index (χ0v) is 26.3. The van der Waals surface area contributed by atoms with E-state index in [4.69, 9.17) is 0 Å². The lowest BCUT2D eigenvalue weighted by molar-refractivity contribution is -0.170. The highest BCUT2D eigenvalue weighted by molar-refractivity contribution is 6.04. The first-order chi connectivity index (χ1) is 18.5. The quantitative estimate of drug-likeness (QED) is 0.327. The van der Waals surface area contributed by atoms with Crippen molar-refractivity contribution in [3.63, 3.8) is 0 Å². The Kier molecular flexibility index (Phi) is 6.57. The fourth-order valence-corrected chi connectivity index (χ4v) is 10.6. The number of rotatable bonds is 2. The Morgan fingerprint density at radius 2 is 1.73 bits per heavy atom. The molecular weight excluding hydrogens is 496 g/mol. The summed E-state index contributed by atoms with van der Waals surface area (Å²) in [6.07, 6.45) is 11.3. The SMILES string of the molecule is C/N=C(\NC)NC[C@]12CCC(C)(C)C[C@H]1[C@H]1C(=O)C=C3[C@@]4(C)C=C(C#N)C(=O)C(C)(C)[C@@H]4CC[C@@]3(C)[C@]1(C)CC2. The molecule has 7 atom stereocenters. The molecule has 0 aromatic rings. The number of aliphatic imine (C=N–C) groups is 1. The molecule has 3 saturated carbocycles. The van der Waals surface area contributed by atoms with Gasteiger partial charge in [-0.25, -0.2) is 0 Å². The number of hydrogen-bond donors (Lipinski definition) is 2. The van der Waals surface area contributed by atoms with E-state index in [1.165, 1.54) is 12.0 Å². The molecule has 0 aliphatic heterocycles. The molecule has 40 heavy (non-hydrogen) atoms. The van der Waals surface area contributed by atoms with Gasteiger partial charge in [-0.15, -0.1) is 0 Å². The van der Waals surface area contributed by atoms with Crippen LogP contribution in [0.15, 0.2) is 28.3 Å². The van der Waals surface area contributed by atoms with Gasteiger partial charge in [-0.3, -0.25) is 14.6 Å². The number of ketones is 2. The van der Waals surface area contributed by atoms with Crippen molar-refractivity contribution in [3.8, 4) is 6.07 Å². The number of nitrogens with one attached hydrogen (secondary N) is 2. The van der Waals surface area contributed by atoms with Crippen molar-refractivity contribution in [1.82, 2.24) is 10.6 Å². The molecule has 6 nitrogen and oxygen atoms in total. The Morgan fingerprint density at radius 1 is 1.05 bits per heavy atom. The summed E-state index contributed by atoms with van der Waals surface area (Å²) in [4.78, 5) is 32.2. The van der Waals surface area contributed by atoms with Crippen molar-refractivity contribution in [2.45, 2.75) is 93.4 Å². The van der Waals surface area contributed by atoms with E-state index < -0.39 is 10.8 Å². The van der Waals surface area contributed by atoms with Crippen LogP contribution in [0.1, 0.15) is 93.4 Å². The smallest absolute Gasteiger partial charge is 0.190 e. The molecule has 3 fully saturated rings. The molecule has 0 amide bonds. The first kappa shape index (κ1) is 29.1. The maximum absolute atomic E-state index is 14.6. The Labute approximate surface area is 241 Å².